The van der Waals surface area contributed by atoms with E-state index in [1.54, 1.807) is 19.2 Å². The van der Waals surface area contributed by atoms with Crippen LogP contribution in [0.25, 0.3) is 11.0 Å². The van der Waals surface area contributed by atoms with Gasteiger partial charge in [-0.2, -0.15) is 24.4 Å². The second kappa shape index (κ2) is 12.5. The van der Waals surface area contributed by atoms with E-state index in [1.165, 1.54) is 29.5 Å². The molecule has 0 spiro atoms. The van der Waals surface area contributed by atoms with Crippen LogP contribution in [0.4, 0.5) is 14.5 Å². The van der Waals surface area contributed by atoms with Crippen LogP contribution in [0.1, 0.15) is 76.4 Å². The second-order valence-electron chi connectivity index (χ2n) is 10.2. The lowest BCUT2D eigenvalue weighted by Crippen LogP contribution is -2.36. The summed E-state index contributed by atoms with van der Waals surface area (Å²) in [5.74, 6) is 0. The highest BCUT2D eigenvalue weighted by Gasteiger charge is 2.25. The van der Waals surface area contributed by atoms with Gasteiger partial charge in [0.1, 0.15) is 34.5 Å². The van der Waals surface area contributed by atoms with Crippen LogP contribution >= 0.6 is 0 Å². The second-order valence-corrected chi connectivity index (χ2v) is 10.2. The maximum absolute atomic E-state index is 12.6. The zero-order valence-corrected chi connectivity index (χ0v) is 22.7. The number of alkyl halides is 2. The number of anilines is 1. The highest BCUT2D eigenvalue weighted by atomic mass is 19.3. The average molecular weight is 539 g/mol. The van der Waals surface area contributed by atoms with Gasteiger partial charge < -0.3 is 14.3 Å². The molecule has 0 radical (unpaired) electrons. The first kappa shape index (κ1) is 29.2. The molecule has 3 aromatic heterocycles. The number of pyridine rings is 2. The van der Waals surface area contributed by atoms with E-state index < -0.39 is 12.2 Å². The van der Waals surface area contributed by atoms with Crippen molar-refractivity contribution in [1.29, 1.82) is 10.5 Å². The number of oxime groups is 1. The molecule has 1 aliphatic carbocycles. The van der Waals surface area contributed by atoms with Gasteiger partial charge in [-0.05, 0) is 51.8 Å². The van der Waals surface area contributed by atoms with Crippen molar-refractivity contribution in [3.63, 3.8) is 0 Å². The first-order chi connectivity index (χ1) is 18.5. The Labute approximate surface area is 225 Å². The number of rotatable bonds is 5. The molecule has 39 heavy (non-hydrogen) atoms. The van der Waals surface area contributed by atoms with Gasteiger partial charge >= 0.3 is 6.55 Å². The van der Waals surface area contributed by atoms with Crippen molar-refractivity contribution in [3.05, 3.63) is 51.7 Å². The first-order valence-electron chi connectivity index (χ1n) is 12.6. The number of aromatic nitrogens is 4. The van der Waals surface area contributed by atoms with Gasteiger partial charge in [-0.25, -0.2) is 9.67 Å². The van der Waals surface area contributed by atoms with Crippen molar-refractivity contribution < 1.29 is 13.6 Å². The molecule has 0 N–H and O–H groups in total. The minimum atomic E-state index is -2.67. The van der Waals surface area contributed by atoms with E-state index in [-0.39, 0.29) is 28.6 Å². The lowest BCUT2D eigenvalue weighted by Gasteiger charge is -2.33. The number of halogens is 2. The van der Waals surface area contributed by atoms with Crippen LogP contribution in [0.15, 0.2) is 34.3 Å². The standard InChI is InChI=1S/C18H19N5O.C9H13F2N3O/c1-22(13-6-4-3-5-7-13)17-14(11-20)18(24)23(2)15-9-8-12(10-19)21-16(15)17;1-9(2,3)15-13-6-7-4-5-12-14(7)8(10)11/h8-9,13H,3-7H2,1-2H3;4-6,8H,1-3H3/b;13-6-. The van der Waals surface area contributed by atoms with E-state index in [2.05, 4.69) is 21.3 Å². The molecule has 1 fully saturated rings. The summed E-state index contributed by atoms with van der Waals surface area (Å²) in [7, 11) is 3.55. The number of nitrogens with zero attached hydrogens (tertiary/aromatic N) is 8. The summed E-state index contributed by atoms with van der Waals surface area (Å²) in [5, 5.41) is 25.8. The molecule has 206 valence electrons. The molecular weight excluding hydrogens is 506 g/mol. The van der Waals surface area contributed by atoms with Gasteiger partial charge in [0.05, 0.1) is 23.1 Å². The van der Waals surface area contributed by atoms with E-state index in [1.807, 2.05) is 38.8 Å². The molecule has 1 saturated carbocycles. The molecule has 0 aromatic carbocycles. The Balaban J connectivity index is 0.000000242. The normalized spacial score (nSPS) is 14.1. The fourth-order valence-electron chi connectivity index (χ4n) is 4.38. The summed E-state index contributed by atoms with van der Waals surface area (Å²) in [5.41, 5.74) is 1.55. The van der Waals surface area contributed by atoms with E-state index in [9.17, 15) is 18.8 Å². The van der Waals surface area contributed by atoms with Crippen LogP contribution in [0.5, 0.6) is 0 Å². The topological polar surface area (TPSA) is 125 Å². The Bertz CT molecular complexity index is 1470. The Morgan fingerprint density at radius 2 is 1.87 bits per heavy atom. The lowest BCUT2D eigenvalue weighted by atomic mass is 9.93. The van der Waals surface area contributed by atoms with E-state index in [0.717, 1.165) is 25.7 Å². The van der Waals surface area contributed by atoms with Gasteiger partial charge in [0.2, 0.25) is 0 Å². The zero-order chi connectivity index (χ0) is 28.7. The summed E-state index contributed by atoms with van der Waals surface area (Å²) in [6, 6.07) is 9.13. The summed E-state index contributed by atoms with van der Waals surface area (Å²) in [4.78, 5) is 24.0. The Morgan fingerprint density at radius 3 is 2.46 bits per heavy atom. The Kier molecular flexibility index (Phi) is 9.36. The van der Waals surface area contributed by atoms with E-state index in [4.69, 9.17) is 10.1 Å². The number of nitriles is 2. The van der Waals surface area contributed by atoms with Gasteiger partial charge in [-0.3, -0.25) is 4.79 Å². The summed E-state index contributed by atoms with van der Waals surface area (Å²) in [6.07, 6.45) is 8.09. The number of hydrogen-bond donors (Lipinski definition) is 0. The maximum Gasteiger partial charge on any atom is 0.333 e. The van der Waals surface area contributed by atoms with Gasteiger partial charge in [0.25, 0.3) is 5.56 Å². The first-order valence-corrected chi connectivity index (χ1v) is 12.6. The van der Waals surface area contributed by atoms with Crippen LogP contribution in [-0.4, -0.2) is 44.2 Å². The maximum atomic E-state index is 12.6. The third-order valence-electron chi connectivity index (χ3n) is 6.31. The van der Waals surface area contributed by atoms with Crippen molar-refractivity contribution in [3.8, 4) is 12.1 Å². The quantitative estimate of drug-likeness (QED) is 0.335. The third kappa shape index (κ3) is 6.96. The molecule has 0 aliphatic heterocycles. The molecule has 0 unspecified atom stereocenters. The highest BCUT2D eigenvalue weighted by molar-refractivity contribution is 5.92. The van der Waals surface area contributed by atoms with Crippen LogP contribution in [-0.2, 0) is 11.9 Å². The fourth-order valence-corrected chi connectivity index (χ4v) is 4.38. The Hall–Kier alpha value is -4.32. The summed E-state index contributed by atoms with van der Waals surface area (Å²) >= 11 is 0. The monoisotopic (exact) mass is 538 g/mol. The van der Waals surface area contributed by atoms with Gasteiger partial charge in [0, 0.05) is 26.3 Å². The van der Waals surface area contributed by atoms with Crippen LogP contribution < -0.4 is 10.5 Å². The van der Waals surface area contributed by atoms with Crippen LogP contribution in [0, 0.1) is 22.7 Å². The van der Waals surface area contributed by atoms with Crippen molar-refractivity contribution in [2.75, 3.05) is 11.9 Å². The largest absolute Gasteiger partial charge is 0.390 e. The smallest absolute Gasteiger partial charge is 0.333 e. The minimum Gasteiger partial charge on any atom is -0.390 e. The molecule has 3 aromatic rings. The highest BCUT2D eigenvalue weighted by Crippen LogP contribution is 2.32. The predicted octanol–water partition coefficient (Wildman–Crippen LogP) is 4.87. The molecule has 10 nitrogen and oxygen atoms in total. The minimum absolute atomic E-state index is 0.0978. The van der Waals surface area contributed by atoms with Crippen LogP contribution in [0.2, 0.25) is 0 Å². The number of aryl methyl sites for hydroxylation is 1. The molecule has 12 heteroatoms. The number of fused-ring (bicyclic) bond motifs is 1. The van der Waals surface area contributed by atoms with Crippen molar-refractivity contribution >= 4 is 22.9 Å². The predicted molar refractivity (Wildman–Crippen MR) is 144 cm³/mol. The summed E-state index contributed by atoms with van der Waals surface area (Å²) < 4.78 is 26.6. The van der Waals surface area contributed by atoms with Gasteiger partial charge in [-0.1, -0.05) is 24.4 Å². The molecule has 0 bridgehead atoms. The van der Waals surface area contributed by atoms with E-state index >= 15 is 0 Å². The van der Waals surface area contributed by atoms with Crippen LogP contribution in [0.3, 0.4) is 0 Å². The lowest BCUT2D eigenvalue weighted by molar-refractivity contribution is 0.00173. The molecular formula is C27H32F2N8O2. The average Bonchev–Trinajstić information content (AvgIpc) is 3.39. The number of hydrogen-bond acceptors (Lipinski definition) is 8. The molecule has 0 amide bonds. The van der Waals surface area contributed by atoms with Gasteiger partial charge in [-0.15, -0.1) is 0 Å². The zero-order valence-electron chi connectivity index (χ0n) is 22.7. The molecule has 1 aliphatic rings. The Morgan fingerprint density at radius 1 is 1.18 bits per heavy atom. The van der Waals surface area contributed by atoms with Crippen molar-refractivity contribution in [2.45, 2.75) is 71.1 Å². The van der Waals surface area contributed by atoms with Crippen molar-refractivity contribution in [2.24, 2.45) is 12.2 Å². The molecule has 4 rings (SSSR count). The molecule has 0 saturated heterocycles. The SMILES string of the molecule is CC(C)(C)O/N=C\c1ccnn1C(F)F.CN(c1c(C#N)c(=O)n(C)c2ccc(C#N)nc12)C1CCCCC1. The fraction of sp³-hybridized carbons (Fsp3) is 0.481. The van der Waals surface area contributed by atoms with Crippen molar-refractivity contribution in [1.82, 2.24) is 19.3 Å². The van der Waals surface area contributed by atoms with Gasteiger partial charge in [0.15, 0.2) is 0 Å². The third-order valence-corrected chi connectivity index (χ3v) is 6.31. The summed E-state index contributed by atoms with van der Waals surface area (Å²) in [6.45, 7) is 2.77. The molecule has 3 heterocycles. The van der Waals surface area contributed by atoms with E-state index in [0.29, 0.717) is 21.4 Å². The molecule has 0 atom stereocenters.